The van der Waals surface area contributed by atoms with Crippen LogP contribution < -0.4 is 0 Å². The van der Waals surface area contributed by atoms with E-state index in [1.807, 2.05) is 0 Å². The van der Waals surface area contributed by atoms with Crippen LogP contribution in [0, 0.1) is 5.92 Å². The maximum Gasteiger partial charge on any atom is 0.308 e. The Hall–Kier alpha value is -0.830. The summed E-state index contributed by atoms with van der Waals surface area (Å²) < 4.78 is 59.4. The second kappa shape index (κ2) is 16.7. The van der Waals surface area contributed by atoms with Crippen molar-refractivity contribution in [2.75, 3.05) is 33.0 Å². The van der Waals surface area contributed by atoms with Gasteiger partial charge in [0.25, 0.3) is 5.92 Å². The van der Waals surface area contributed by atoms with E-state index in [1.54, 1.807) is 6.92 Å². The molecular formula is C25H46F2O6. The lowest BCUT2D eigenvalue weighted by Gasteiger charge is -2.44. The molecule has 0 saturated carbocycles. The van der Waals surface area contributed by atoms with Crippen molar-refractivity contribution in [3.8, 4) is 0 Å². The summed E-state index contributed by atoms with van der Waals surface area (Å²) in [5.74, 6) is -4.76. The number of esters is 1. The van der Waals surface area contributed by atoms with E-state index in [9.17, 15) is 4.79 Å². The third kappa shape index (κ3) is 11.0. The molecule has 1 fully saturated rings. The highest BCUT2D eigenvalue weighted by molar-refractivity contribution is 5.72. The van der Waals surface area contributed by atoms with Crippen molar-refractivity contribution in [3.05, 3.63) is 0 Å². The van der Waals surface area contributed by atoms with Gasteiger partial charge in [-0.3, -0.25) is 4.79 Å². The minimum Gasteiger partial charge on any atom is -0.466 e. The summed E-state index contributed by atoms with van der Waals surface area (Å²) >= 11 is 0. The molecule has 0 radical (unpaired) electrons. The fraction of sp³-hybridized carbons (Fsp3) is 0.960. The van der Waals surface area contributed by atoms with Crippen LogP contribution in [0.25, 0.3) is 0 Å². The monoisotopic (exact) mass is 480 g/mol. The van der Waals surface area contributed by atoms with E-state index >= 15 is 8.78 Å². The van der Waals surface area contributed by atoms with Gasteiger partial charge < -0.3 is 23.7 Å². The maximum atomic E-state index is 15.3. The Morgan fingerprint density at radius 3 is 2.21 bits per heavy atom. The Bertz CT molecular complexity index is 519. The van der Waals surface area contributed by atoms with Gasteiger partial charge in [-0.25, -0.2) is 8.78 Å². The molecule has 0 aromatic carbocycles. The number of alkyl halides is 2. The third-order valence-electron chi connectivity index (χ3n) is 5.82. The molecule has 0 bridgehead atoms. The highest BCUT2D eigenvalue weighted by atomic mass is 19.3. The zero-order valence-electron chi connectivity index (χ0n) is 21.3. The molecule has 1 saturated heterocycles. The molecule has 0 amide bonds. The molecule has 1 unspecified atom stereocenters. The molecule has 1 heterocycles. The van der Waals surface area contributed by atoms with Crippen molar-refractivity contribution in [2.24, 2.45) is 5.92 Å². The lowest BCUT2D eigenvalue weighted by Crippen LogP contribution is -2.57. The normalized spacial score (nSPS) is 24.6. The van der Waals surface area contributed by atoms with Crippen LogP contribution in [0.15, 0.2) is 0 Å². The number of hydrogen-bond donors (Lipinski definition) is 0. The quantitative estimate of drug-likeness (QED) is 0.189. The standard InChI is InChI=1S/C25H46F2O6/c1-6-10-13-29-18-21-23(32-15-12-8-3)20(31-14-11-7-2)16-22(33-21)25(26,27)17-19(5)24(28)30-9-4/h19-23H,6-18H2,1-5H3/t19?,20-,21-,22+,23-/m1/s1. The lowest BCUT2D eigenvalue weighted by molar-refractivity contribution is -0.261. The molecule has 8 heteroatoms. The van der Waals surface area contributed by atoms with Gasteiger partial charge in [0, 0.05) is 32.7 Å². The van der Waals surface area contributed by atoms with Crippen LogP contribution in [0.1, 0.15) is 86.0 Å². The third-order valence-corrected chi connectivity index (χ3v) is 5.82. The molecule has 0 spiro atoms. The van der Waals surface area contributed by atoms with Gasteiger partial charge in [-0.15, -0.1) is 0 Å². The van der Waals surface area contributed by atoms with Crippen LogP contribution in [-0.4, -0.2) is 69.3 Å². The predicted molar refractivity (Wildman–Crippen MR) is 124 cm³/mol. The first-order valence-corrected chi connectivity index (χ1v) is 12.8. The molecule has 0 aliphatic carbocycles. The van der Waals surface area contributed by atoms with E-state index in [0.717, 1.165) is 38.5 Å². The molecule has 0 aromatic heterocycles. The summed E-state index contributed by atoms with van der Waals surface area (Å²) in [6, 6.07) is 0. The van der Waals surface area contributed by atoms with Crippen LogP contribution in [0.2, 0.25) is 0 Å². The maximum absolute atomic E-state index is 15.3. The number of hydrogen-bond acceptors (Lipinski definition) is 6. The first kappa shape index (κ1) is 30.2. The summed E-state index contributed by atoms with van der Waals surface area (Å²) in [5.41, 5.74) is 0. The average molecular weight is 481 g/mol. The fourth-order valence-corrected chi connectivity index (χ4v) is 3.81. The summed E-state index contributed by atoms with van der Waals surface area (Å²) in [6.07, 6.45) is 1.86. The van der Waals surface area contributed by atoms with Crippen molar-refractivity contribution in [1.29, 1.82) is 0 Å². The SMILES string of the molecule is CCCCOC[C@H]1O[C@H](C(F)(F)CC(C)C(=O)OCC)C[C@@H](OCCCC)[C@H]1OCCCC. The number of rotatable bonds is 18. The Balaban J connectivity index is 2.99. The fourth-order valence-electron chi connectivity index (χ4n) is 3.81. The first-order chi connectivity index (χ1) is 15.8. The van der Waals surface area contributed by atoms with E-state index in [0.29, 0.717) is 19.8 Å². The molecule has 1 aliphatic heterocycles. The van der Waals surface area contributed by atoms with E-state index < -0.39 is 48.6 Å². The highest BCUT2D eigenvalue weighted by Crippen LogP contribution is 2.38. The van der Waals surface area contributed by atoms with E-state index in [4.69, 9.17) is 23.7 Å². The Morgan fingerprint density at radius 2 is 1.61 bits per heavy atom. The van der Waals surface area contributed by atoms with Gasteiger partial charge >= 0.3 is 5.97 Å². The van der Waals surface area contributed by atoms with Crippen LogP contribution in [0.4, 0.5) is 8.78 Å². The van der Waals surface area contributed by atoms with Crippen molar-refractivity contribution >= 4 is 5.97 Å². The largest absolute Gasteiger partial charge is 0.466 e. The average Bonchev–Trinajstić information content (AvgIpc) is 2.77. The molecule has 0 aromatic rings. The van der Waals surface area contributed by atoms with Crippen molar-refractivity contribution in [2.45, 2.75) is 116 Å². The van der Waals surface area contributed by atoms with E-state index in [-0.39, 0.29) is 19.6 Å². The predicted octanol–water partition coefficient (Wildman–Crippen LogP) is 5.56. The number of carbonyl (C=O) groups is 1. The number of carbonyl (C=O) groups excluding carboxylic acids is 1. The number of unbranched alkanes of at least 4 members (excludes halogenated alkanes) is 3. The van der Waals surface area contributed by atoms with Gasteiger partial charge in [0.15, 0.2) is 0 Å². The summed E-state index contributed by atoms with van der Waals surface area (Å²) in [4.78, 5) is 11.9. The van der Waals surface area contributed by atoms with Crippen LogP contribution in [0.3, 0.4) is 0 Å². The second-order valence-corrected chi connectivity index (χ2v) is 8.90. The Labute approximate surface area is 199 Å². The van der Waals surface area contributed by atoms with Gasteiger partial charge in [-0.2, -0.15) is 0 Å². The van der Waals surface area contributed by atoms with Gasteiger partial charge in [0.2, 0.25) is 0 Å². The highest BCUT2D eigenvalue weighted by Gasteiger charge is 2.51. The van der Waals surface area contributed by atoms with Gasteiger partial charge in [-0.1, -0.05) is 47.0 Å². The minimum atomic E-state index is -3.21. The second-order valence-electron chi connectivity index (χ2n) is 8.90. The topological polar surface area (TPSA) is 63.2 Å². The Kier molecular flexibility index (Phi) is 15.3. The zero-order chi connectivity index (χ0) is 24.7. The smallest absolute Gasteiger partial charge is 0.308 e. The molecule has 196 valence electrons. The number of halogens is 2. The van der Waals surface area contributed by atoms with Crippen LogP contribution >= 0.6 is 0 Å². The van der Waals surface area contributed by atoms with E-state index in [1.165, 1.54) is 6.92 Å². The van der Waals surface area contributed by atoms with E-state index in [2.05, 4.69) is 20.8 Å². The summed E-state index contributed by atoms with van der Waals surface area (Å²) in [5, 5.41) is 0. The van der Waals surface area contributed by atoms with Gasteiger partial charge in [0.1, 0.15) is 18.3 Å². The van der Waals surface area contributed by atoms with Crippen molar-refractivity contribution in [1.82, 2.24) is 0 Å². The molecule has 1 rings (SSSR count). The lowest BCUT2D eigenvalue weighted by atomic mass is 9.90. The Morgan fingerprint density at radius 1 is 1.00 bits per heavy atom. The van der Waals surface area contributed by atoms with Gasteiger partial charge in [0.05, 0.1) is 25.2 Å². The molecular weight excluding hydrogens is 434 g/mol. The summed E-state index contributed by atoms with van der Waals surface area (Å²) in [7, 11) is 0. The molecule has 1 aliphatic rings. The summed E-state index contributed by atoms with van der Waals surface area (Å²) in [6.45, 7) is 11.2. The molecule has 33 heavy (non-hydrogen) atoms. The number of ether oxygens (including phenoxy) is 5. The van der Waals surface area contributed by atoms with Crippen LogP contribution in [-0.2, 0) is 28.5 Å². The molecule has 0 N–H and O–H groups in total. The van der Waals surface area contributed by atoms with Gasteiger partial charge in [-0.05, 0) is 26.2 Å². The first-order valence-electron chi connectivity index (χ1n) is 12.8. The van der Waals surface area contributed by atoms with Crippen molar-refractivity contribution in [3.63, 3.8) is 0 Å². The zero-order valence-corrected chi connectivity index (χ0v) is 21.3. The molecule has 6 nitrogen and oxygen atoms in total. The van der Waals surface area contributed by atoms with Crippen LogP contribution in [0.5, 0.6) is 0 Å². The van der Waals surface area contributed by atoms with Crippen molar-refractivity contribution < 1.29 is 37.3 Å². The minimum absolute atomic E-state index is 0.00844. The molecule has 5 atom stereocenters.